The van der Waals surface area contributed by atoms with Crippen molar-refractivity contribution < 1.29 is 14.3 Å². The molecule has 8 nitrogen and oxygen atoms in total. The molecule has 0 spiro atoms. The number of nitrogen functional groups attached to an aromatic ring is 1. The summed E-state index contributed by atoms with van der Waals surface area (Å²) >= 11 is 0. The first-order valence-corrected chi connectivity index (χ1v) is 7.33. The van der Waals surface area contributed by atoms with Gasteiger partial charge in [-0.25, -0.2) is 4.79 Å². The van der Waals surface area contributed by atoms with Crippen LogP contribution in [0, 0.1) is 0 Å². The number of aromatic nitrogens is 3. The number of hydrogen-bond acceptors (Lipinski definition) is 6. The predicted octanol–water partition coefficient (Wildman–Crippen LogP) is 1.06. The average molecular weight is 315 g/mol. The highest BCUT2D eigenvalue weighted by atomic mass is 16.6. The Labute approximate surface area is 132 Å². The van der Waals surface area contributed by atoms with E-state index in [4.69, 9.17) is 10.5 Å². The van der Waals surface area contributed by atoms with Gasteiger partial charge in [-0.05, 0) is 24.5 Å². The molecule has 23 heavy (non-hydrogen) atoms. The Morgan fingerprint density at radius 1 is 1.39 bits per heavy atom. The van der Waals surface area contributed by atoms with Crippen molar-refractivity contribution >= 4 is 17.8 Å². The van der Waals surface area contributed by atoms with Gasteiger partial charge in [0.25, 0.3) is 5.91 Å². The second kappa shape index (κ2) is 6.07. The number of carbonyl (C=O) groups excluding carboxylic acids is 2. The third-order valence-electron chi connectivity index (χ3n) is 3.76. The molecule has 2 aromatic rings. The molecule has 8 heteroatoms. The minimum Gasteiger partial charge on any atom is -0.450 e. The standard InChI is InChI=1S/C15H17N5O3/c1-2-23-15(22)19-6-4-11-10(9-19)7-17-8-12(11)14(21)20-13(16)3-5-18-20/h3,5,7-8H,2,4,6,9,16H2,1H3. The molecule has 2 N–H and O–H groups in total. The lowest BCUT2D eigenvalue weighted by Gasteiger charge is -2.28. The molecule has 0 radical (unpaired) electrons. The third kappa shape index (κ3) is 2.75. The van der Waals surface area contributed by atoms with Crippen LogP contribution >= 0.6 is 0 Å². The Morgan fingerprint density at radius 2 is 2.22 bits per heavy atom. The van der Waals surface area contributed by atoms with Gasteiger partial charge in [0.15, 0.2) is 0 Å². The summed E-state index contributed by atoms with van der Waals surface area (Å²) in [6.45, 7) is 2.96. The van der Waals surface area contributed by atoms with Gasteiger partial charge in [0.05, 0.1) is 24.9 Å². The van der Waals surface area contributed by atoms with Crippen molar-refractivity contribution in [3.05, 3.63) is 41.3 Å². The predicted molar refractivity (Wildman–Crippen MR) is 81.7 cm³/mol. The molecular formula is C15H17N5O3. The minimum absolute atomic E-state index is 0.275. The van der Waals surface area contributed by atoms with Crippen LogP contribution in [0.1, 0.15) is 28.4 Å². The molecule has 0 fully saturated rings. The van der Waals surface area contributed by atoms with Crippen LogP contribution in [0.15, 0.2) is 24.7 Å². The van der Waals surface area contributed by atoms with E-state index in [-0.39, 0.29) is 17.8 Å². The zero-order valence-electron chi connectivity index (χ0n) is 12.7. The largest absolute Gasteiger partial charge is 0.450 e. The molecule has 0 bridgehead atoms. The lowest BCUT2D eigenvalue weighted by molar-refractivity contribution is 0.0944. The molecule has 0 aromatic carbocycles. The molecule has 3 rings (SSSR count). The highest BCUT2D eigenvalue weighted by Crippen LogP contribution is 2.23. The fourth-order valence-electron chi connectivity index (χ4n) is 2.65. The zero-order valence-corrected chi connectivity index (χ0v) is 12.7. The van der Waals surface area contributed by atoms with E-state index in [0.717, 1.165) is 15.8 Å². The molecule has 120 valence electrons. The lowest BCUT2D eigenvalue weighted by Crippen LogP contribution is -2.37. The first kappa shape index (κ1) is 15.0. The van der Waals surface area contributed by atoms with Gasteiger partial charge in [0, 0.05) is 25.0 Å². The normalized spacial score (nSPS) is 13.5. The number of rotatable bonds is 2. The highest BCUT2D eigenvalue weighted by molar-refractivity contribution is 5.98. The van der Waals surface area contributed by atoms with Gasteiger partial charge in [-0.2, -0.15) is 9.78 Å². The maximum atomic E-state index is 12.6. The summed E-state index contributed by atoms with van der Waals surface area (Å²) in [6.07, 6.45) is 4.86. The van der Waals surface area contributed by atoms with Crippen molar-refractivity contribution in [1.82, 2.24) is 19.7 Å². The van der Waals surface area contributed by atoms with Gasteiger partial charge >= 0.3 is 6.09 Å². The van der Waals surface area contributed by atoms with Gasteiger partial charge in [-0.1, -0.05) is 0 Å². The third-order valence-corrected chi connectivity index (χ3v) is 3.76. The smallest absolute Gasteiger partial charge is 0.410 e. The van der Waals surface area contributed by atoms with Crippen LogP contribution in [-0.4, -0.2) is 44.8 Å². The molecule has 0 saturated heterocycles. The minimum atomic E-state index is -0.355. The van der Waals surface area contributed by atoms with Crippen molar-refractivity contribution in [3.63, 3.8) is 0 Å². The Hall–Kier alpha value is -2.90. The van der Waals surface area contributed by atoms with Crippen LogP contribution in [0.5, 0.6) is 0 Å². The summed E-state index contributed by atoms with van der Waals surface area (Å²) in [5, 5.41) is 3.94. The maximum absolute atomic E-state index is 12.6. The molecule has 1 aliphatic heterocycles. The van der Waals surface area contributed by atoms with Gasteiger partial charge in [0.1, 0.15) is 5.82 Å². The Bertz CT molecular complexity index is 755. The second-order valence-corrected chi connectivity index (χ2v) is 5.17. The molecule has 1 amide bonds. The fourth-order valence-corrected chi connectivity index (χ4v) is 2.65. The number of nitrogens with two attached hydrogens (primary N) is 1. The van der Waals surface area contributed by atoms with Crippen LogP contribution in [0.25, 0.3) is 0 Å². The van der Waals surface area contributed by atoms with Crippen molar-refractivity contribution in [2.45, 2.75) is 19.9 Å². The molecule has 1 aliphatic rings. The van der Waals surface area contributed by atoms with E-state index < -0.39 is 0 Å². The topological polar surface area (TPSA) is 103 Å². The number of nitrogens with zero attached hydrogens (tertiary/aromatic N) is 4. The van der Waals surface area contributed by atoms with E-state index in [9.17, 15) is 9.59 Å². The van der Waals surface area contributed by atoms with E-state index >= 15 is 0 Å². The van der Waals surface area contributed by atoms with E-state index in [1.165, 1.54) is 12.4 Å². The van der Waals surface area contributed by atoms with Crippen LogP contribution in [0.2, 0.25) is 0 Å². The number of hydrogen-bond donors (Lipinski definition) is 1. The van der Waals surface area contributed by atoms with Crippen molar-refractivity contribution in [2.75, 3.05) is 18.9 Å². The van der Waals surface area contributed by atoms with Crippen LogP contribution in [0.3, 0.4) is 0 Å². The Morgan fingerprint density at radius 3 is 2.91 bits per heavy atom. The van der Waals surface area contributed by atoms with Gasteiger partial charge in [-0.3, -0.25) is 9.78 Å². The van der Waals surface area contributed by atoms with Gasteiger partial charge in [0.2, 0.25) is 0 Å². The maximum Gasteiger partial charge on any atom is 0.410 e. The number of carbonyl (C=O) groups is 2. The Kier molecular flexibility index (Phi) is 3.96. The summed E-state index contributed by atoms with van der Waals surface area (Å²) in [5.74, 6) is -0.0435. The molecule has 0 saturated carbocycles. The van der Waals surface area contributed by atoms with Crippen LogP contribution < -0.4 is 5.73 Å². The number of anilines is 1. The number of fused-ring (bicyclic) bond motifs is 1. The van der Waals surface area contributed by atoms with Gasteiger partial charge in [-0.15, -0.1) is 0 Å². The van der Waals surface area contributed by atoms with Crippen LogP contribution in [-0.2, 0) is 17.7 Å². The number of pyridine rings is 1. The monoisotopic (exact) mass is 315 g/mol. The quantitative estimate of drug-likeness (QED) is 0.889. The van der Waals surface area contributed by atoms with Crippen molar-refractivity contribution in [3.8, 4) is 0 Å². The first-order chi connectivity index (χ1) is 11.1. The summed E-state index contributed by atoms with van der Waals surface area (Å²) < 4.78 is 6.17. The number of ether oxygens (including phenoxy) is 1. The van der Waals surface area contributed by atoms with E-state index in [0.29, 0.717) is 31.7 Å². The zero-order chi connectivity index (χ0) is 16.4. The van der Waals surface area contributed by atoms with E-state index in [1.807, 2.05) is 0 Å². The molecule has 0 aliphatic carbocycles. The summed E-state index contributed by atoms with van der Waals surface area (Å²) in [7, 11) is 0. The van der Waals surface area contributed by atoms with Crippen molar-refractivity contribution in [1.29, 1.82) is 0 Å². The van der Waals surface area contributed by atoms with Crippen molar-refractivity contribution in [2.24, 2.45) is 0 Å². The Balaban J connectivity index is 1.90. The van der Waals surface area contributed by atoms with Gasteiger partial charge < -0.3 is 15.4 Å². The van der Waals surface area contributed by atoms with E-state index in [2.05, 4.69) is 10.1 Å². The molecule has 0 unspecified atom stereocenters. The SMILES string of the molecule is CCOC(=O)N1CCc2c(cncc2C(=O)n2nccc2N)C1. The first-order valence-electron chi connectivity index (χ1n) is 7.33. The molecular weight excluding hydrogens is 298 g/mol. The highest BCUT2D eigenvalue weighted by Gasteiger charge is 2.26. The average Bonchev–Trinajstić information content (AvgIpc) is 2.99. The summed E-state index contributed by atoms with van der Waals surface area (Å²) in [6, 6.07) is 1.56. The summed E-state index contributed by atoms with van der Waals surface area (Å²) in [5.41, 5.74) is 7.91. The van der Waals surface area contributed by atoms with E-state index in [1.54, 1.807) is 24.1 Å². The summed E-state index contributed by atoms with van der Waals surface area (Å²) in [4.78, 5) is 30.2. The number of amides is 1. The molecule has 3 heterocycles. The lowest BCUT2D eigenvalue weighted by atomic mass is 9.97. The second-order valence-electron chi connectivity index (χ2n) is 5.17. The molecule has 0 atom stereocenters. The fraction of sp³-hybridized carbons (Fsp3) is 0.333. The molecule has 2 aromatic heterocycles. The van der Waals surface area contributed by atoms with Crippen LogP contribution in [0.4, 0.5) is 10.6 Å².